The van der Waals surface area contributed by atoms with E-state index in [0.717, 1.165) is 17.8 Å². The van der Waals surface area contributed by atoms with Gasteiger partial charge < -0.3 is 4.90 Å². The highest BCUT2D eigenvalue weighted by molar-refractivity contribution is 5.95. The largest absolute Gasteiger partial charge is 0.417 e. The number of amides is 1. The number of halogens is 3. The van der Waals surface area contributed by atoms with Crippen LogP contribution in [0, 0.1) is 6.92 Å². The Morgan fingerprint density at radius 3 is 2.50 bits per heavy atom. The van der Waals surface area contributed by atoms with E-state index in [1.807, 2.05) is 30.3 Å². The van der Waals surface area contributed by atoms with Gasteiger partial charge in [-0.05, 0) is 31.0 Å². The van der Waals surface area contributed by atoms with Crippen LogP contribution in [0.25, 0.3) is 5.82 Å². The molecule has 0 radical (unpaired) electrons. The summed E-state index contributed by atoms with van der Waals surface area (Å²) in [5, 5.41) is 4.16. The highest BCUT2D eigenvalue weighted by Crippen LogP contribution is 2.28. The number of rotatable bonds is 7. The molecule has 1 amide bonds. The lowest BCUT2D eigenvalue weighted by atomic mass is 10.1. The average molecular weight is 414 g/mol. The normalized spacial score (nSPS) is 11.3. The summed E-state index contributed by atoms with van der Waals surface area (Å²) in [7, 11) is 0. The molecule has 5 nitrogen and oxygen atoms in total. The highest BCUT2D eigenvalue weighted by atomic mass is 19.4. The van der Waals surface area contributed by atoms with Gasteiger partial charge in [0.1, 0.15) is 0 Å². The quantitative estimate of drug-likeness (QED) is 0.536. The molecular formula is C22H21F3N4O. The molecule has 2 aromatic heterocycles. The molecule has 1 aromatic carbocycles. The van der Waals surface area contributed by atoms with Crippen LogP contribution in [0.4, 0.5) is 13.2 Å². The Morgan fingerprint density at radius 2 is 1.90 bits per heavy atom. The zero-order valence-corrected chi connectivity index (χ0v) is 16.4. The number of nitrogens with zero attached hydrogens (tertiary/aromatic N) is 4. The Bertz CT molecular complexity index is 1010. The number of carbonyl (C=O) groups excluding carboxylic acids is 1. The maximum absolute atomic E-state index is 13.1. The molecule has 0 saturated heterocycles. The van der Waals surface area contributed by atoms with Gasteiger partial charge in [0.05, 0.1) is 23.0 Å². The molecule has 0 fully saturated rings. The molecule has 3 aromatic rings. The van der Waals surface area contributed by atoms with Crippen LogP contribution >= 0.6 is 0 Å². The fraction of sp³-hybridized carbons (Fsp3) is 0.227. The van der Waals surface area contributed by atoms with Crippen LogP contribution in [0.1, 0.15) is 27.2 Å². The fourth-order valence-electron chi connectivity index (χ4n) is 3.04. The van der Waals surface area contributed by atoms with Crippen LogP contribution in [-0.2, 0) is 12.6 Å². The van der Waals surface area contributed by atoms with E-state index in [1.54, 1.807) is 17.9 Å². The third-order valence-electron chi connectivity index (χ3n) is 4.68. The summed E-state index contributed by atoms with van der Waals surface area (Å²) in [6.07, 6.45) is 0.0430. The zero-order valence-electron chi connectivity index (χ0n) is 16.4. The van der Waals surface area contributed by atoms with Crippen molar-refractivity contribution in [1.82, 2.24) is 19.7 Å². The van der Waals surface area contributed by atoms with Crippen LogP contribution in [0.3, 0.4) is 0 Å². The van der Waals surface area contributed by atoms with Crippen molar-refractivity contribution >= 4 is 5.91 Å². The van der Waals surface area contributed by atoms with Crippen LogP contribution in [0.2, 0.25) is 0 Å². The molecule has 0 aliphatic heterocycles. The van der Waals surface area contributed by atoms with Crippen molar-refractivity contribution in [1.29, 1.82) is 0 Å². The van der Waals surface area contributed by atoms with Gasteiger partial charge in [-0.2, -0.15) is 18.3 Å². The second-order valence-electron chi connectivity index (χ2n) is 6.73. The summed E-state index contributed by atoms with van der Waals surface area (Å²) in [5.41, 5.74) is 1.14. The lowest BCUT2D eigenvalue weighted by Gasteiger charge is -2.21. The van der Waals surface area contributed by atoms with Crippen molar-refractivity contribution in [2.75, 3.05) is 13.1 Å². The van der Waals surface area contributed by atoms with Gasteiger partial charge in [-0.3, -0.25) is 4.79 Å². The molecule has 0 N–H and O–H groups in total. The number of aromatic nitrogens is 3. The number of benzene rings is 1. The minimum atomic E-state index is -4.46. The first-order valence-corrected chi connectivity index (χ1v) is 9.33. The van der Waals surface area contributed by atoms with Gasteiger partial charge in [0.15, 0.2) is 5.82 Å². The molecule has 0 spiro atoms. The van der Waals surface area contributed by atoms with Crippen LogP contribution in [0.15, 0.2) is 67.5 Å². The maximum Gasteiger partial charge on any atom is 0.417 e. The van der Waals surface area contributed by atoms with Gasteiger partial charge >= 0.3 is 6.18 Å². The Balaban J connectivity index is 1.80. The van der Waals surface area contributed by atoms with E-state index in [-0.39, 0.29) is 11.7 Å². The number of hydrogen-bond acceptors (Lipinski definition) is 3. The van der Waals surface area contributed by atoms with Crippen molar-refractivity contribution in [2.24, 2.45) is 0 Å². The zero-order chi connectivity index (χ0) is 21.7. The van der Waals surface area contributed by atoms with Gasteiger partial charge in [0.25, 0.3) is 5.91 Å². The smallest absolute Gasteiger partial charge is 0.334 e. The Hall–Kier alpha value is -3.42. The molecule has 0 aliphatic carbocycles. The van der Waals surface area contributed by atoms with Crippen LogP contribution < -0.4 is 0 Å². The van der Waals surface area contributed by atoms with Crippen LogP contribution in [-0.4, -0.2) is 38.7 Å². The first-order valence-electron chi connectivity index (χ1n) is 9.33. The lowest BCUT2D eigenvalue weighted by molar-refractivity contribution is -0.137. The molecule has 0 saturated carbocycles. The first kappa shape index (κ1) is 21.3. The van der Waals surface area contributed by atoms with Gasteiger partial charge in [-0.25, -0.2) is 9.67 Å². The molecule has 3 rings (SSSR count). The van der Waals surface area contributed by atoms with Crippen molar-refractivity contribution < 1.29 is 18.0 Å². The third kappa shape index (κ3) is 4.76. The van der Waals surface area contributed by atoms with Crippen molar-refractivity contribution in [2.45, 2.75) is 19.5 Å². The van der Waals surface area contributed by atoms with Gasteiger partial charge in [0.2, 0.25) is 0 Å². The molecular weight excluding hydrogens is 393 g/mol. The van der Waals surface area contributed by atoms with Crippen molar-refractivity contribution in [3.63, 3.8) is 0 Å². The van der Waals surface area contributed by atoms with Gasteiger partial charge in [0, 0.05) is 19.3 Å². The molecule has 0 atom stereocenters. The minimum Gasteiger partial charge on any atom is -0.334 e. The van der Waals surface area contributed by atoms with E-state index in [4.69, 9.17) is 0 Å². The third-order valence-corrected chi connectivity index (χ3v) is 4.68. The minimum absolute atomic E-state index is 0.208. The van der Waals surface area contributed by atoms with E-state index in [2.05, 4.69) is 16.7 Å². The Labute approximate surface area is 172 Å². The second kappa shape index (κ2) is 8.94. The summed E-state index contributed by atoms with van der Waals surface area (Å²) in [5.74, 6) is -0.0133. The number of pyridine rings is 1. The van der Waals surface area contributed by atoms with E-state index in [9.17, 15) is 18.0 Å². The second-order valence-corrected chi connectivity index (χ2v) is 6.73. The average Bonchev–Trinajstić information content (AvgIpc) is 3.12. The van der Waals surface area contributed by atoms with Gasteiger partial charge in [-0.1, -0.05) is 36.4 Å². The van der Waals surface area contributed by atoms with E-state index < -0.39 is 11.7 Å². The van der Waals surface area contributed by atoms with E-state index >= 15 is 0 Å². The predicted molar refractivity (Wildman–Crippen MR) is 107 cm³/mol. The number of alkyl halides is 3. The van der Waals surface area contributed by atoms with E-state index in [0.29, 0.717) is 30.8 Å². The molecule has 0 aliphatic rings. The van der Waals surface area contributed by atoms with E-state index in [1.165, 1.54) is 16.9 Å². The molecule has 156 valence electrons. The summed E-state index contributed by atoms with van der Waals surface area (Å²) in [6.45, 7) is 6.27. The van der Waals surface area contributed by atoms with Crippen LogP contribution in [0.5, 0.6) is 0 Å². The monoisotopic (exact) mass is 414 g/mol. The lowest BCUT2D eigenvalue weighted by Crippen LogP contribution is -2.33. The molecule has 0 unspecified atom stereocenters. The van der Waals surface area contributed by atoms with Gasteiger partial charge in [-0.15, -0.1) is 6.58 Å². The summed E-state index contributed by atoms with van der Waals surface area (Å²) in [6, 6.07) is 12.0. The standard InChI is InChI=1S/C22H21F3N4O/c1-3-12-28(13-11-17-7-5-4-6-8-17)21(30)19-15-27-29(16(19)2)20-10-9-18(14-26-20)22(23,24)25/h3-10,14-15H,1,11-13H2,2H3. The van der Waals surface area contributed by atoms with Crippen molar-refractivity contribution in [3.8, 4) is 5.82 Å². The predicted octanol–water partition coefficient (Wildman–Crippen LogP) is 4.47. The Morgan fingerprint density at radius 1 is 1.17 bits per heavy atom. The summed E-state index contributed by atoms with van der Waals surface area (Å²) < 4.78 is 39.6. The molecule has 30 heavy (non-hydrogen) atoms. The fourth-order valence-corrected chi connectivity index (χ4v) is 3.04. The summed E-state index contributed by atoms with van der Waals surface area (Å²) >= 11 is 0. The first-order chi connectivity index (χ1) is 14.3. The number of carbonyl (C=O) groups is 1. The molecule has 2 heterocycles. The van der Waals surface area contributed by atoms with Crippen molar-refractivity contribution in [3.05, 3.63) is 89.9 Å². The number of hydrogen-bond donors (Lipinski definition) is 0. The molecule has 0 bridgehead atoms. The SMILES string of the molecule is C=CCN(CCc1ccccc1)C(=O)c1cnn(-c2ccc(C(F)(F)F)cn2)c1C. The maximum atomic E-state index is 13.1. The molecule has 8 heteroatoms. The Kier molecular flexibility index (Phi) is 6.34. The summed E-state index contributed by atoms with van der Waals surface area (Å²) in [4.78, 5) is 18.6. The topological polar surface area (TPSA) is 51.0 Å². The highest BCUT2D eigenvalue weighted by Gasteiger charge is 2.31.